The van der Waals surface area contributed by atoms with Gasteiger partial charge in [-0.2, -0.15) is 13.2 Å². The normalized spacial score (nSPS) is 49.6. The lowest BCUT2D eigenvalue weighted by atomic mass is 9.43. The molecule has 9 atom stereocenters. The predicted molar refractivity (Wildman–Crippen MR) is 151 cm³/mol. The molecule has 5 saturated carbocycles. The molecule has 0 aliphatic heterocycles. The van der Waals surface area contributed by atoms with Gasteiger partial charge in [-0.1, -0.05) is 41.5 Å². The van der Waals surface area contributed by atoms with Crippen LogP contribution in [-0.2, 0) is 0 Å². The van der Waals surface area contributed by atoms with Gasteiger partial charge in [-0.05, 0) is 154 Å². The molecule has 2 N–H and O–H groups in total. The molecule has 0 heterocycles. The first-order chi connectivity index (χ1) is 17.9. The highest BCUT2D eigenvalue weighted by atomic mass is 19.4. The molecule has 0 amide bonds. The Hall–Kier alpha value is -0.290. The van der Waals surface area contributed by atoms with Crippen molar-refractivity contribution in [3.05, 3.63) is 0 Å². The van der Waals surface area contributed by atoms with Crippen LogP contribution in [0.2, 0.25) is 0 Å². The minimum Gasteiger partial charge on any atom is -0.390 e. The van der Waals surface area contributed by atoms with E-state index in [1.54, 1.807) is 0 Å². The summed E-state index contributed by atoms with van der Waals surface area (Å²) in [6.45, 7) is 14.3. The average molecular weight is 555 g/mol. The van der Waals surface area contributed by atoms with Crippen LogP contribution >= 0.6 is 0 Å². The molecule has 5 heteroatoms. The topological polar surface area (TPSA) is 40.5 Å². The lowest BCUT2D eigenvalue weighted by molar-refractivity contribution is -0.290. The highest BCUT2D eigenvalue weighted by Crippen LogP contribution is 2.69. The van der Waals surface area contributed by atoms with E-state index in [1.807, 2.05) is 0 Å². The van der Waals surface area contributed by atoms with Crippen LogP contribution in [0.3, 0.4) is 0 Å². The largest absolute Gasteiger partial charge is 0.417 e. The summed E-state index contributed by atoms with van der Waals surface area (Å²) in [5.74, 6) is 3.78. The molecule has 0 bridgehead atoms. The van der Waals surface area contributed by atoms with Gasteiger partial charge >= 0.3 is 6.18 Å². The number of hydrogen-bond donors (Lipinski definition) is 2. The summed E-state index contributed by atoms with van der Waals surface area (Å²) in [6.07, 6.45) is 8.68. The van der Waals surface area contributed by atoms with Crippen molar-refractivity contribution in [3.63, 3.8) is 0 Å². The molecule has 5 fully saturated rings. The second-order valence-corrected chi connectivity index (χ2v) is 17.0. The summed E-state index contributed by atoms with van der Waals surface area (Å²) in [7, 11) is 0. The third kappa shape index (κ3) is 5.14. The van der Waals surface area contributed by atoms with Crippen LogP contribution in [0.25, 0.3) is 0 Å². The van der Waals surface area contributed by atoms with Crippen molar-refractivity contribution in [1.82, 2.24) is 0 Å². The number of hydrogen-bond acceptors (Lipinski definition) is 2. The third-order valence-electron chi connectivity index (χ3n) is 14.2. The first-order valence-electron chi connectivity index (χ1n) is 16.4. The molecule has 39 heavy (non-hydrogen) atoms. The molecule has 0 radical (unpaired) electrons. The summed E-state index contributed by atoms with van der Waals surface area (Å²) in [5.41, 5.74) is -2.40. The van der Waals surface area contributed by atoms with E-state index in [2.05, 4.69) is 41.5 Å². The molecule has 0 spiro atoms. The van der Waals surface area contributed by atoms with Crippen molar-refractivity contribution in [2.24, 2.45) is 57.7 Å². The number of rotatable bonds is 4. The molecule has 5 rings (SSSR count). The molecule has 0 aromatic carbocycles. The first kappa shape index (κ1) is 30.2. The van der Waals surface area contributed by atoms with Gasteiger partial charge in [0, 0.05) is 0 Å². The Kier molecular flexibility index (Phi) is 7.65. The summed E-state index contributed by atoms with van der Waals surface area (Å²) >= 11 is 0. The van der Waals surface area contributed by atoms with Crippen LogP contribution in [0.5, 0.6) is 0 Å². The van der Waals surface area contributed by atoms with Crippen molar-refractivity contribution in [3.8, 4) is 0 Å². The molecule has 2 nitrogen and oxygen atoms in total. The van der Waals surface area contributed by atoms with E-state index < -0.39 is 17.4 Å². The van der Waals surface area contributed by atoms with E-state index in [0.29, 0.717) is 52.8 Å². The number of aliphatic hydroxyl groups is 2. The van der Waals surface area contributed by atoms with Gasteiger partial charge in [0.15, 0.2) is 5.60 Å². The van der Waals surface area contributed by atoms with Crippen LogP contribution in [-0.4, -0.2) is 27.6 Å². The fourth-order valence-electron chi connectivity index (χ4n) is 11.4. The van der Waals surface area contributed by atoms with Gasteiger partial charge in [0.2, 0.25) is 0 Å². The van der Waals surface area contributed by atoms with Crippen molar-refractivity contribution in [2.75, 3.05) is 0 Å². The minimum absolute atomic E-state index is 0.0197. The lowest BCUT2D eigenvalue weighted by Crippen LogP contribution is -2.59. The predicted octanol–water partition coefficient (Wildman–Crippen LogP) is 9.32. The van der Waals surface area contributed by atoms with Crippen molar-refractivity contribution in [2.45, 2.75) is 155 Å². The first-order valence-corrected chi connectivity index (χ1v) is 16.4. The van der Waals surface area contributed by atoms with Gasteiger partial charge in [-0.3, -0.25) is 0 Å². The van der Waals surface area contributed by atoms with Crippen LogP contribution in [0.1, 0.15) is 138 Å². The maximum Gasteiger partial charge on any atom is 0.417 e. The van der Waals surface area contributed by atoms with Crippen LogP contribution in [0.15, 0.2) is 0 Å². The summed E-state index contributed by atoms with van der Waals surface area (Å²) < 4.78 is 41.1. The van der Waals surface area contributed by atoms with Gasteiger partial charge in [-0.25, -0.2) is 0 Å². The van der Waals surface area contributed by atoms with E-state index in [4.69, 9.17) is 0 Å². The highest BCUT2D eigenvalue weighted by molar-refractivity contribution is 5.11. The van der Waals surface area contributed by atoms with E-state index in [-0.39, 0.29) is 24.2 Å². The van der Waals surface area contributed by atoms with Crippen LogP contribution in [0.4, 0.5) is 13.2 Å². The summed E-state index contributed by atoms with van der Waals surface area (Å²) in [5, 5.41) is 21.9. The summed E-state index contributed by atoms with van der Waals surface area (Å²) in [4.78, 5) is 0. The molecular formula is C34H57F3O2. The fraction of sp³-hybridized carbons (Fsp3) is 1.00. The third-order valence-corrected chi connectivity index (χ3v) is 14.2. The smallest absolute Gasteiger partial charge is 0.390 e. The Morgan fingerprint density at radius 2 is 1.41 bits per heavy atom. The van der Waals surface area contributed by atoms with Crippen LogP contribution in [0, 0.1) is 57.7 Å². The van der Waals surface area contributed by atoms with Crippen molar-refractivity contribution in [1.29, 1.82) is 0 Å². The molecule has 0 aromatic heterocycles. The van der Waals surface area contributed by atoms with Gasteiger partial charge in [-0.15, -0.1) is 0 Å². The SMILES string of the molecule is C[C@@H](CCC1(O)CCC(C(C)(C)C)CC1)[C@@H]1CC[C@H]2[C@@H]3CC[C@H]4C[C@](O)(C(F)(F)F)CC[C@]4(C)[C@H]3CC[C@@]21C. The lowest BCUT2D eigenvalue weighted by Gasteiger charge is -2.62. The minimum atomic E-state index is -4.52. The second-order valence-electron chi connectivity index (χ2n) is 17.0. The molecule has 5 aliphatic carbocycles. The Balaban J connectivity index is 1.22. The standard InChI is InChI=1S/C34H57F3O2/c1-22(11-16-32(38)17-12-23(13-18-32)29(2,3)4)26-9-10-27-25-8-7-24-21-33(39,34(35,36)37)20-19-30(24,5)28(25)14-15-31(26,27)6/h22-28,38-39H,7-21H2,1-6H3/t22-,23?,24-,25-,26-,27-,28-,30-,31+,32?,33-/m0/s1. The van der Waals surface area contributed by atoms with E-state index >= 15 is 0 Å². The Morgan fingerprint density at radius 1 is 0.769 bits per heavy atom. The van der Waals surface area contributed by atoms with Gasteiger partial charge < -0.3 is 10.2 Å². The zero-order valence-corrected chi connectivity index (χ0v) is 25.7. The molecule has 226 valence electrons. The Bertz CT molecular complexity index is 886. The number of fused-ring (bicyclic) bond motifs is 5. The van der Waals surface area contributed by atoms with E-state index in [0.717, 1.165) is 57.8 Å². The van der Waals surface area contributed by atoms with Gasteiger partial charge in [0.1, 0.15) is 0 Å². The maximum atomic E-state index is 13.7. The zero-order chi connectivity index (χ0) is 28.6. The van der Waals surface area contributed by atoms with Crippen molar-refractivity contribution >= 4 is 0 Å². The highest BCUT2D eigenvalue weighted by Gasteiger charge is 2.65. The van der Waals surface area contributed by atoms with Gasteiger partial charge in [0.25, 0.3) is 0 Å². The van der Waals surface area contributed by atoms with E-state index in [1.165, 1.54) is 19.3 Å². The van der Waals surface area contributed by atoms with Gasteiger partial charge in [0.05, 0.1) is 5.60 Å². The molecule has 0 saturated heterocycles. The van der Waals surface area contributed by atoms with Crippen molar-refractivity contribution < 1.29 is 23.4 Å². The molecular weight excluding hydrogens is 497 g/mol. The second kappa shape index (κ2) is 9.88. The van der Waals surface area contributed by atoms with E-state index in [9.17, 15) is 23.4 Å². The Labute approximate surface area is 236 Å². The number of halogens is 3. The molecule has 0 aromatic rings. The zero-order valence-electron chi connectivity index (χ0n) is 25.7. The maximum absolute atomic E-state index is 13.7. The number of alkyl halides is 3. The fourth-order valence-corrected chi connectivity index (χ4v) is 11.4. The van der Waals surface area contributed by atoms with Crippen LogP contribution < -0.4 is 0 Å². The quantitative estimate of drug-likeness (QED) is 0.363. The molecule has 5 aliphatic rings. The summed E-state index contributed by atoms with van der Waals surface area (Å²) in [6, 6.07) is 0. The average Bonchev–Trinajstić information content (AvgIpc) is 3.19. The molecule has 0 unspecified atom stereocenters. The Morgan fingerprint density at radius 3 is 2.03 bits per heavy atom. The monoisotopic (exact) mass is 554 g/mol.